The zero-order valence-corrected chi connectivity index (χ0v) is 12.2. The molecule has 8 heteroatoms. The molecule has 1 atom stereocenters. The molecule has 0 saturated carbocycles. The van der Waals surface area contributed by atoms with Crippen LogP contribution in [0.25, 0.3) is 0 Å². The Morgan fingerprint density at radius 1 is 1.32 bits per heavy atom. The van der Waals surface area contributed by atoms with Gasteiger partial charge in [0.05, 0.1) is 29.3 Å². The van der Waals surface area contributed by atoms with Gasteiger partial charge in [0.25, 0.3) is 0 Å². The number of esters is 1. The van der Waals surface area contributed by atoms with Gasteiger partial charge < -0.3 is 24.7 Å². The lowest BCUT2D eigenvalue weighted by Crippen LogP contribution is -2.49. The average molecular weight is 310 g/mol. The monoisotopic (exact) mass is 310 g/mol. The second kappa shape index (κ2) is 4.98. The fourth-order valence-electron chi connectivity index (χ4n) is 3.47. The van der Waals surface area contributed by atoms with Crippen molar-refractivity contribution in [2.24, 2.45) is 5.41 Å². The number of ether oxygens (including phenoxy) is 1. The molecule has 22 heavy (non-hydrogen) atoms. The molecule has 2 N–H and O–H groups in total. The Hall–Kier alpha value is -2.09. The molecule has 3 heterocycles. The van der Waals surface area contributed by atoms with Gasteiger partial charge in [0.1, 0.15) is 6.61 Å². The molecular weight excluding hydrogens is 292 g/mol. The quantitative estimate of drug-likeness (QED) is 0.648. The molecule has 3 aliphatic rings. The Morgan fingerprint density at radius 3 is 2.45 bits per heavy atom. The molecule has 2 amide bonds. The van der Waals surface area contributed by atoms with Crippen LogP contribution in [0.2, 0.25) is 0 Å². The van der Waals surface area contributed by atoms with Gasteiger partial charge in [-0.2, -0.15) is 0 Å². The Bertz CT molecular complexity index is 576. The third kappa shape index (κ3) is 1.98. The number of aliphatic hydroxyl groups is 1. The summed E-state index contributed by atoms with van der Waals surface area (Å²) in [6, 6.07) is 0. The molecule has 1 spiro atoms. The maximum Gasteiger partial charge on any atom is 0.407 e. The number of β-amino-alcohol motifs (C(OH)–C–C–N with tert-alkyl or cyclic N) is 1. The SMILES string of the molecule is CC1=C(N2CC(O)C3(CCN(C(=O)O)CC3)C2=O)COC1=O. The molecule has 2 saturated heterocycles. The van der Waals surface area contributed by atoms with E-state index in [1.807, 2.05) is 0 Å². The van der Waals surface area contributed by atoms with Crippen LogP contribution in [0.5, 0.6) is 0 Å². The number of cyclic esters (lactones) is 1. The van der Waals surface area contributed by atoms with E-state index in [1.165, 1.54) is 9.80 Å². The zero-order chi connectivity index (χ0) is 16.1. The van der Waals surface area contributed by atoms with E-state index < -0.39 is 23.6 Å². The summed E-state index contributed by atoms with van der Waals surface area (Å²) >= 11 is 0. The molecule has 0 aromatic carbocycles. The van der Waals surface area contributed by atoms with Gasteiger partial charge in [-0.05, 0) is 19.8 Å². The van der Waals surface area contributed by atoms with Crippen LogP contribution < -0.4 is 0 Å². The van der Waals surface area contributed by atoms with Crippen molar-refractivity contribution >= 4 is 18.0 Å². The Kier molecular flexibility index (Phi) is 3.36. The van der Waals surface area contributed by atoms with E-state index in [1.54, 1.807) is 6.92 Å². The average Bonchev–Trinajstić information content (AvgIpc) is 2.93. The van der Waals surface area contributed by atoms with Crippen LogP contribution in [0, 0.1) is 5.41 Å². The largest absolute Gasteiger partial charge is 0.465 e. The standard InChI is InChI=1S/C14H18N2O6/c1-8-9(7-22-11(8)18)16-6-10(17)14(12(16)19)2-4-15(5-3-14)13(20)21/h10,17H,2-7H2,1H3,(H,20,21). The summed E-state index contributed by atoms with van der Waals surface area (Å²) in [7, 11) is 0. The number of hydrogen-bond acceptors (Lipinski definition) is 5. The number of carbonyl (C=O) groups is 3. The number of rotatable bonds is 1. The first-order valence-corrected chi connectivity index (χ1v) is 7.21. The molecule has 0 radical (unpaired) electrons. The van der Waals surface area contributed by atoms with Crippen molar-refractivity contribution < 1.29 is 29.3 Å². The van der Waals surface area contributed by atoms with E-state index in [0.29, 0.717) is 11.3 Å². The van der Waals surface area contributed by atoms with Gasteiger partial charge in [0.15, 0.2) is 0 Å². The Morgan fingerprint density at radius 2 is 1.95 bits per heavy atom. The lowest BCUT2D eigenvalue weighted by atomic mass is 9.75. The zero-order valence-electron chi connectivity index (χ0n) is 12.2. The molecule has 120 valence electrons. The highest BCUT2D eigenvalue weighted by atomic mass is 16.5. The number of carbonyl (C=O) groups excluding carboxylic acids is 2. The molecule has 3 aliphatic heterocycles. The number of likely N-dealkylation sites (tertiary alicyclic amines) is 2. The van der Waals surface area contributed by atoms with Gasteiger partial charge >= 0.3 is 12.1 Å². The summed E-state index contributed by atoms with van der Waals surface area (Å²) in [6.07, 6.45) is -1.31. The van der Waals surface area contributed by atoms with Crippen LogP contribution in [0.1, 0.15) is 19.8 Å². The molecule has 0 aromatic heterocycles. The minimum atomic E-state index is -1.01. The summed E-state index contributed by atoms with van der Waals surface area (Å²) in [5.41, 5.74) is -0.0580. The van der Waals surface area contributed by atoms with Crippen LogP contribution >= 0.6 is 0 Å². The minimum Gasteiger partial charge on any atom is -0.465 e. The number of amides is 2. The maximum absolute atomic E-state index is 12.8. The third-order valence-electron chi connectivity index (χ3n) is 5.00. The number of aliphatic hydroxyl groups excluding tert-OH is 1. The Labute approximate surface area is 126 Å². The van der Waals surface area contributed by atoms with E-state index in [4.69, 9.17) is 9.84 Å². The molecule has 2 fully saturated rings. The summed E-state index contributed by atoms with van der Waals surface area (Å²) in [5.74, 6) is -0.684. The first-order valence-electron chi connectivity index (χ1n) is 7.21. The molecule has 0 aromatic rings. The molecule has 8 nitrogen and oxygen atoms in total. The van der Waals surface area contributed by atoms with Crippen LogP contribution in [-0.4, -0.2) is 70.3 Å². The van der Waals surface area contributed by atoms with Crippen LogP contribution in [-0.2, 0) is 14.3 Å². The number of hydrogen-bond donors (Lipinski definition) is 2. The van der Waals surface area contributed by atoms with E-state index >= 15 is 0 Å². The lowest BCUT2D eigenvalue weighted by molar-refractivity contribution is -0.140. The van der Waals surface area contributed by atoms with Gasteiger partial charge in [-0.15, -0.1) is 0 Å². The van der Waals surface area contributed by atoms with Gasteiger partial charge in [0, 0.05) is 13.1 Å². The van der Waals surface area contributed by atoms with Gasteiger partial charge in [-0.25, -0.2) is 9.59 Å². The highest BCUT2D eigenvalue weighted by Gasteiger charge is 2.56. The van der Waals surface area contributed by atoms with Crippen molar-refractivity contribution in [1.82, 2.24) is 9.80 Å². The summed E-state index contributed by atoms with van der Waals surface area (Å²) < 4.78 is 4.92. The highest BCUT2D eigenvalue weighted by molar-refractivity contribution is 5.94. The number of nitrogens with zero attached hydrogens (tertiary/aromatic N) is 2. The molecular formula is C14H18N2O6. The first kappa shape index (κ1) is 14.8. The van der Waals surface area contributed by atoms with Crippen molar-refractivity contribution in [3.05, 3.63) is 11.3 Å². The lowest BCUT2D eigenvalue weighted by Gasteiger charge is -2.38. The maximum atomic E-state index is 12.8. The predicted molar refractivity (Wildman–Crippen MR) is 72.6 cm³/mol. The predicted octanol–water partition coefficient (Wildman–Crippen LogP) is -0.220. The van der Waals surface area contributed by atoms with E-state index in [2.05, 4.69) is 0 Å². The van der Waals surface area contributed by atoms with Crippen LogP contribution in [0.3, 0.4) is 0 Å². The normalized spacial score (nSPS) is 27.8. The second-order valence-corrected chi connectivity index (χ2v) is 6.01. The fourth-order valence-corrected chi connectivity index (χ4v) is 3.47. The summed E-state index contributed by atoms with van der Waals surface area (Å²) in [5, 5.41) is 19.4. The van der Waals surface area contributed by atoms with Crippen molar-refractivity contribution in [2.75, 3.05) is 26.2 Å². The van der Waals surface area contributed by atoms with Crippen molar-refractivity contribution in [1.29, 1.82) is 0 Å². The molecule has 0 bridgehead atoms. The first-order chi connectivity index (χ1) is 10.4. The van der Waals surface area contributed by atoms with Gasteiger partial charge in [-0.3, -0.25) is 4.79 Å². The fraction of sp³-hybridized carbons (Fsp3) is 0.643. The summed E-state index contributed by atoms with van der Waals surface area (Å²) in [6.45, 7) is 2.21. The van der Waals surface area contributed by atoms with E-state index in [0.717, 1.165) is 0 Å². The molecule has 1 unspecified atom stereocenters. The highest BCUT2D eigenvalue weighted by Crippen LogP contribution is 2.43. The van der Waals surface area contributed by atoms with Crippen molar-refractivity contribution in [2.45, 2.75) is 25.9 Å². The number of carboxylic acid groups (broad SMARTS) is 1. The third-order valence-corrected chi connectivity index (χ3v) is 5.00. The summed E-state index contributed by atoms with van der Waals surface area (Å²) in [4.78, 5) is 37.9. The van der Waals surface area contributed by atoms with Crippen molar-refractivity contribution in [3.8, 4) is 0 Å². The minimum absolute atomic E-state index is 0.0421. The second-order valence-electron chi connectivity index (χ2n) is 6.01. The molecule has 3 rings (SSSR count). The molecule has 0 aliphatic carbocycles. The Balaban J connectivity index is 1.83. The van der Waals surface area contributed by atoms with Gasteiger partial charge in [-0.1, -0.05) is 0 Å². The van der Waals surface area contributed by atoms with Crippen LogP contribution in [0.15, 0.2) is 11.3 Å². The van der Waals surface area contributed by atoms with E-state index in [9.17, 15) is 19.5 Å². The smallest absolute Gasteiger partial charge is 0.407 e. The van der Waals surface area contributed by atoms with Crippen LogP contribution in [0.4, 0.5) is 4.79 Å². The number of piperidine rings is 1. The van der Waals surface area contributed by atoms with Gasteiger partial charge in [0.2, 0.25) is 5.91 Å². The van der Waals surface area contributed by atoms with E-state index in [-0.39, 0.29) is 45.0 Å². The van der Waals surface area contributed by atoms with Crippen molar-refractivity contribution in [3.63, 3.8) is 0 Å². The topological polar surface area (TPSA) is 107 Å².